The minimum Gasteiger partial charge on any atom is -0.311 e. The van der Waals surface area contributed by atoms with Crippen molar-refractivity contribution in [1.82, 2.24) is 0 Å². The smallest absolute Gasteiger partial charge is 0.269 e. The first-order valence-electron chi connectivity index (χ1n) is 7.07. The standard InChI is InChI=1S/C18H14N2O3/c1-19(17-11-6-13-4-2-3-5-15(13)12-17)18(21)14-7-9-16(10-8-14)20(22)23/h2-12H,1H3. The third-order valence-corrected chi connectivity index (χ3v) is 3.75. The van der Waals surface area contributed by atoms with E-state index < -0.39 is 4.92 Å². The zero-order valence-corrected chi connectivity index (χ0v) is 12.5. The minimum absolute atomic E-state index is 0.0325. The Morgan fingerprint density at radius 1 is 0.957 bits per heavy atom. The third-order valence-electron chi connectivity index (χ3n) is 3.75. The number of benzene rings is 3. The minimum atomic E-state index is -0.485. The number of amides is 1. The summed E-state index contributed by atoms with van der Waals surface area (Å²) in [6, 6.07) is 19.3. The van der Waals surface area contributed by atoms with Crippen LogP contribution in [0.5, 0.6) is 0 Å². The van der Waals surface area contributed by atoms with Crippen LogP contribution in [0.4, 0.5) is 11.4 Å². The van der Waals surface area contributed by atoms with Gasteiger partial charge in [-0.15, -0.1) is 0 Å². The number of carbonyl (C=O) groups excluding carboxylic acids is 1. The van der Waals surface area contributed by atoms with E-state index in [0.717, 1.165) is 16.5 Å². The van der Waals surface area contributed by atoms with Gasteiger partial charge in [0.1, 0.15) is 0 Å². The first-order chi connectivity index (χ1) is 11.1. The second-order valence-corrected chi connectivity index (χ2v) is 5.20. The molecule has 0 aliphatic carbocycles. The highest BCUT2D eigenvalue weighted by molar-refractivity contribution is 6.06. The van der Waals surface area contributed by atoms with Gasteiger partial charge in [0.05, 0.1) is 4.92 Å². The van der Waals surface area contributed by atoms with E-state index in [9.17, 15) is 14.9 Å². The van der Waals surface area contributed by atoms with E-state index in [1.807, 2.05) is 42.5 Å². The summed E-state index contributed by atoms with van der Waals surface area (Å²) in [4.78, 5) is 24.2. The van der Waals surface area contributed by atoms with E-state index in [-0.39, 0.29) is 11.6 Å². The molecule has 0 heterocycles. The molecular formula is C18H14N2O3. The maximum absolute atomic E-state index is 12.5. The van der Waals surface area contributed by atoms with Crippen molar-refractivity contribution in [2.24, 2.45) is 0 Å². The molecule has 5 nitrogen and oxygen atoms in total. The SMILES string of the molecule is CN(C(=O)c1ccc([N+](=O)[O-])cc1)c1ccc2ccccc2c1. The van der Waals surface area contributed by atoms with Crippen LogP contribution >= 0.6 is 0 Å². The van der Waals surface area contributed by atoms with Gasteiger partial charge in [0.2, 0.25) is 0 Å². The fourth-order valence-electron chi connectivity index (χ4n) is 2.42. The van der Waals surface area contributed by atoms with E-state index in [2.05, 4.69) is 0 Å². The molecule has 0 aliphatic rings. The number of nitrogens with zero attached hydrogens (tertiary/aromatic N) is 2. The van der Waals surface area contributed by atoms with Crippen LogP contribution in [0.25, 0.3) is 10.8 Å². The topological polar surface area (TPSA) is 63.5 Å². The van der Waals surface area contributed by atoms with Crippen molar-refractivity contribution in [3.05, 3.63) is 82.4 Å². The normalized spacial score (nSPS) is 10.5. The predicted octanol–water partition coefficient (Wildman–Crippen LogP) is 4.02. The van der Waals surface area contributed by atoms with Crippen LogP contribution in [-0.4, -0.2) is 17.9 Å². The van der Waals surface area contributed by atoms with Crippen molar-refractivity contribution in [2.45, 2.75) is 0 Å². The summed E-state index contributed by atoms with van der Waals surface area (Å²) in [5.74, 6) is -0.213. The summed E-state index contributed by atoms with van der Waals surface area (Å²) in [7, 11) is 1.69. The Morgan fingerprint density at radius 2 is 1.61 bits per heavy atom. The van der Waals surface area contributed by atoms with E-state index in [0.29, 0.717) is 5.56 Å². The highest BCUT2D eigenvalue weighted by Crippen LogP contribution is 2.23. The Labute approximate surface area is 132 Å². The van der Waals surface area contributed by atoms with Crippen LogP contribution in [0.1, 0.15) is 10.4 Å². The second kappa shape index (κ2) is 5.88. The number of hydrogen-bond donors (Lipinski definition) is 0. The maximum Gasteiger partial charge on any atom is 0.269 e. The molecule has 3 aromatic carbocycles. The van der Waals surface area contributed by atoms with E-state index in [1.54, 1.807) is 7.05 Å². The van der Waals surface area contributed by atoms with Crippen LogP contribution in [0.2, 0.25) is 0 Å². The first-order valence-corrected chi connectivity index (χ1v) is 7.07. The first kappa shape index (κ1) is 14.7. The van der Waals surface area contributed by atoms with Crippen LogP contribution < -0.4 is 4.90 Å². The fraction of sp³-hybridized carbons (Fsp3) is 0.0556. The molecule has 0 aliphatic heterocycles. The Morgan fingerprint density at radius 3 is 2.26 bits per heavy atom. The van der Waals surface area contributed by atoms with Crippen LogP contribution in [0, 0.1) is 10.1 Å². The van der Waals surface area contributed by atoms with Gasteiger partial charge in [-0.2, -0.15) is 0 Å². The lowest BCUT2D eigenvalue weighted by Crippen LogP contribution is -2.26. The van der Waals surface area contributed by atoms with Gasteiger partial charge in [0, 0.05) is 30.4 Å². The van der Waals surface area contributed by atoms with Gasteiger partial charge in [0.15, 0.2) is 0 Å². The molecule has 0 bridgehead atoms. The number of carbonyl (C=O) groups is 1. The molecule has 0 radical (unpaired) electrons. The summed E-state index contributed by atoms with van der Waals surface area (Å²) < 4.78 is 0. The average Bonchev–Trinajstić information content (AvgIpc) is 2.60. The highest BCUT2D eigenvalue weighted by Gasteiger charge is 2.15. The summed E-state index contributed by atoms with van der Waals surface area (Å²) >= 11 is 0. The van der Waals surface area contributed by atoms with E-state index >= 15 is 0 Å². The molecule has 3 aromatic rings. The Balaban J connectivity index is 1.89. The molecule has 0 unspecified atom stereocenters. The largest absolute Gasteiger partial charge is 0.311 e. The number of hydrogen-bond acceptors (Lipinski definition) is 3. The third kappa shape index (κ3) is 2.89. The van der Waals surface area contributed by atoms with Gasteiger partial charge in [-0.05, 0) is 35.0 Å². The molecule has 3 rings (SSSR count). The lowest BCUT2D eigenvalue weighted by Gasteiger charge is -2.18. The zero-order valence-electron chi connectivity index (χ0n) is 12.5. The molecule has 0 atom stereocenters. The van der Waals surface area contributed by atoms with E-state index in [4.69, 9.17) is 0 Å². The van der Waals surface area contributed by atoms with Gasteiger partial charge in [-0.1, -0.05) is 30.3 Å². The van der Waals surface area contributed by atoms with Crippen molar-refractivity contribution in [3.8, 4) is 0 Å². The van der Waals surface area contributed by atoms with E-state index in [1.165, 1.54) is 29.2 Å². The van der Waals surface area contributed by atoms with Gasteiger partial charge in [0.25, 0.3) is 11.6 Å². The highest BCUT2D eigenvalue weighted by atomic mass is 16.6. The van der Waals surface area contributed by atoms with Crippen molar-refractivity contribution < 1.29 is 9.72 Å². The zero-order chi connectivity index (χ0) is 16.4. The molecule has 0 spiro atoms. The van der Waals surface area contributed by atoms with Gasteiger partial charge >= 0.3 is 0 Å². The Kier molecular flexibility index (Phi) is 3.76. The second-order valence-electron chi connectivity index (χ2n) is 5.20. The lowest BCUT2D eigenvalue weighted by molar-refractivity contribution is -0.384. The van der Waals surface area contributed by atoms with Crippen LogP contribution in [0.15, 0.2) is 66.7 Å². The Bertz CT molecular complexity index is 888. The molecule has 0 fully saturated rings. The van der Waals surface area contributed by atoms with Gasteiger partial charge < -0.3 is 4.90 Å². The molecule has 0 aromatic heterocycles. The maximum atomic E-state index is 12.5. The number of anilines is 1. The monoisotopic (exact) mass is 306 g/mol. The molecule has 0 saturated carbocycles. The summed E-state index contributed by atoms with van der Waals surface area (Å²) in [6.45, 7) is 0. The molecule has 23 heavy (non-hydrogen) atoms. The molecule has 5 heteroatoms. The average molecular weight is 306 g/mol. The van der Waals surface area contributed by atoms with Gasteiger partial charge in [-0.25, -0.2) is 0 Å². The summed E-state index contributed by atoms with van der Waals surface area (Å²) in [5.41, 5.74) is 1.15. The predicted molar refractivity (Wildman–Crippen MR) is 89.8 cm³/mol. The fourth-order valence-corrected chi connectivity index (χ4v) is 2.42. The number of rotatable bonds is 3. The molecule has 0 N–H and O–H groups in total. The van der Waals surface area contributed by atoms with Crippen LogP contribution in [0.3, 0.4) is 0 Å². The molecular weight excluding hydrogens is 292 g/mol. The molecule has 114 valence electrons. The number of nitro benzene ring substituents is 1. The summed E-state index contributed by atoms with van der Waals surface area (Å²) in [5, 5.41) is 12.8. The van der Waals surface area contributed by atoms with Gasteiger partial charge in [-0.3, -0.25) is 14.9 Å². The molecule has 0 saturated heterocycles. The lowest BCUT2D eigenvalue weighted by atomic mass is 10.1. The number of fused-ring (bicyclic) bond motifs is 1. The van der Waals surface area contributed by atoms with Crippen molar-refractivity contribution in [2.75, 3.05) is 11.9 Å². The van der Waals surface area contributed by atoms with Crippen molar-refractivity contribution >= 4 is 28.1 Å². The number of nitro groups is 1. The number of non-ortho nitro benzene ring substituents is 1. The Hall–Kier alpha value is -3.21. The molecule has 1 amide bonds. The van der Waals surface area contributed by atoms with Crippen LogP contribution in [-0.2, 0) is 0 Å². The van der Waals surface area contributed by atoms with Crippen molar-refractivity contribution in [3.63, 3.8) is 0 Å². The summed E-state index contributed by atoms with van der Waals surface area (Å²) in [6.07, 6.45) is 0. The quantitative estimate of drug-likeness (QED) is 0.542. The van der Waals surface area contributed by atoms with Crippen molar-refractivity contribution in [1.29, 1.82) is 0 Å².